The fourth-order valence-corrected chi connectivity index (χ4v) is 21.1. The maximum absolute atomic E-state index is 7.24. The largest absolute Gasteiger partial charge is 0.455 e. The Morgan fingerprint density at radius 1 is 0.169 bits per heavy atom. The highest BCUT2D eigenvalue weighted by molar-refractivity contribution is 6.18. The van der Waals surface area contributed by atoms with Crippen molar-refractivity contribution < 1.29 is 17.7 Å². The lowest BCUT2D eigenvalue weighted by Crippen LogP contribution is -2.28. The monoisotopic (exact) mass is 1660 g/mol. The van der Waals surface area contributed by atoms with Crippen molar-refractivity contribution in [2.24, 2.45) is 0 Å². The van der Waals surface area contributed by atoms with Crippen LogP contribution in [0.1, 0.15) is 47.2 Å². The van der Waals surface area contributed by atoms with Crippen LogP contribution >= 0.6 is 0 Å². The van der Waals surface area contributed by atoms with Crippen molar-refractivity contribution in [3.63, 3.8) is 0 Å². The second kappa shape index (κ2) is 30.5. The molecule has 0 bridgehead atoms. The molecule has 0 fully saturated rings. The molecule has 4 aromatic heterocycles. The SMILES string of the molecule is CC1(C)c2ccccc2-c2c1ccc1c2oc2c(-c3ccc(N(c4ccc(-c5ccccc5)cc4)c4ccc(-c5cccc6c5oc5ccccc56)cc4)cc3)cccc21.c1ccc(-c2ccc(N(c3ccc(-c4cccc5c4oc4ccccc45)cc3)c3ccc(-c4cccc5c4oc4c6c(ccc45)C(c4ccccc4)(c4ccccc4)c4ccccc4-6)cc3)cc2)cc1. The molecule has 0 amide bonds. The van der Waals surface area contributed by atoms with E-state index < -0.39 is 5.41 Å². The zero-order valence-electron chi connectivity index (χ0n) is 71.4. The lowest BCUT2D eigenvalue weighted by Gasteiger charge is -2.33. The molecule has 0 unspecified atom stereocenters. The quantitative estimate of drug-likeness (QED) is 0.108. The average Bonchev–Trinajstić information content (AvgIpc) is 1.52. The highest BCUT2D eigenvalue weighted by Crippen LogP contribution is 2.60. The van der Waals surface area contributed by atoms with E-state index in [0.29, 0.717) is 0 Å². The predicted molar refractivity (Wildman–Crippen MR) is 539 cm³/mol. The van der Waals surface area contributed by atoms with Gasteiger partial charge in [-0.25, -0.2) is 0 Å². The Labute approximate surface area is 752 Å². The van der Waals surface area contributed by atoms with E-state index in [1.165, 1.54) is 72.3 Å². The molecule has 2 aliphatic carbocycles. The summed E-state index contributed by atoms with van der Waals surface area (Å²) < 4.78 is 27.1. The number of benzene rings is 20. The molecule has 0 atom stereocenters. The van der Waals surface area contributed by atoms with E-state index in [9.17, 15) is 0 Å². The summed E-state index contributed by atoms with van der Waals surface area (Å²) in [5, 5.41) is 9.02. The lowest BCUT2D eigenvalue weighted by molar-refractivity contribution is 0.653. The first-order valence-corrected chi connectivity index (χ1v) is 44.7. The van der Waals surface area contributed by atoms with Crippen molar-refractivity contribution in [1.29, 1.82) is 0 Å². The topological polar surface area (TPSA) is 59.0 Å². The third-order valence-corrected chi connectivity index (χ3v) is 27.3. The first-order valence-electron chi connectivity index (χ1n) is 44.7. The first kappa shape index (κ1) is 75.7. The molecule has 0 spiro atoms. The van der Waals surface area contributed by atoms with Crippen molar-refractivity contribution in [2.45, 2.75) is 24.7 Å². The van der Waals surface area contributed by atoms with Crippen molar-refractivity contribution in [2.75, 3.05) is 9.80 Å². The highest BCUT2D eigenvalue weighted by Gasteiger charge is 2.48. The van der Waals surface area contributed by atoms with Gasteiger partial charge in [0.25, 0.3) is 0 Å². The van der Waals surface area contributed by atoms with Crippen LogP contribution in [0.2, 0.25) is 0 Å². The standard InChI is InChI=1S/C67H43NO2.C57H39NO2/c1-4-16-44(17-5-1)45-30-36-50(37-31-45)68(51-38-32-46(33-39-51)53-24-14-26-56-55-22-11-13-29-62(55)69-64(53)56)52-40-34-47(35-41-52)54-25-15-27-57-58-42-43-61-63(66(58)70-65(54)57)59-23-10-12-28-60(59)67(61,48-18-6-2-7-19-48)49-20-8-3-9-21-49;1-57(2)50-20-8-6-15-49(50)53-51(57)35-34-48-47-19-11-17-44(55(47)60-56(48)53)39-26-32-42(33-27-39)58(40-28-22-37(23-29-40)36-12-4-3-5-13-36)41-30-24-38(25-31-41)43-16-10-18-46-45-14-7-9-21-52(45)59-54(43)46/h1-43H;3-35H,1-2H3. The van der Waals surface area contributed by atoms with Gasteiger partial charge in [-0.2, -0.15) is 0 Å². The zero-order valence-corrected chi connectivity index (χ0v) is 71.4. The van der Waals surface area contributed by atoms with Gasteiger partial charge in [-0.15, -0.1) is 0 Å². The smallest absolute Gasteiger partial charge is 0.143 e. The minimum absolute atomic E-state index is 0.0889. The van der Waals surface area contributed by atoms with E-state index in [1.54, 1.807) is 0 Å². The van der Waals surface area contributed by atoms with Crippen LogP contribution in [0, 0.1) is 0 Å². The summed E-state index contributed by atoms with van der Waals surface area (Å²) in [5.41, 5.74) is 39.0. The van der Waals surface area contributed by atoms with Gasteiger partial charge >= 0.3 is 0 Å². The molecule has 612 valence electrons. The van der Waals surface area contributed by atoms with Crippen LogP contribution in [-0.2, 0) is 10.8 Å². The summed E-state index contributed by atoms with van der Waals surface area (Å²) in [5.74, 6) is 0. The minimum atomic E-state index is -0.503. The lowest BCUT2D eigenvalue weighted by atomic mass is 9.68. The summed E-state index contributed by atoms with van der Waals surface area (Å²) in [4.78, 5) is 4.66. The second-order valence-electron chi connectivity index (χ2n) is 34.7. The maximum Gasteiger partial charge on any atom is 0.143 e. The van der Waals surface area contributed by atoms with Gasteiger partial charge in [0, 0.05) is 116 Å². The van der Waals surface area contributed by atoms with Crippen LogP contribution in [0.15, 0.2) is 479 Å². The molecule has 0 radical (unpaired) electrons. The molecule has 20 aromatic carbocycles. The fourth-order valence-electron chi connectivity index (χ4n) is 21.1. The molecule has 0 N–H and O–H groups in total. The molecule has 0 aliphatic heterocycles. The van der Waals surface area contributed by atoms with E-state index in [4.69, 9.17) is 17.7 Å². The molecule has 26 rings (SSSR count). The van der Waals surface area contributed by atoms with Gasteiger partial charge in [-0.3, -0.25) is 0 Å². The van der Waals surface area contributed by atoms with Crippen LogP contribution in [0.5, 0.6) is 0 Å². The van der Waals surface area contributed by atoms with Gasteiger partial charge in [0.2, 0.25) is 0 Å². The molecular formula is C124H82N2O4. The zero-order chi connectivity index (χ0) is 86.1. The number of para-hydroxylation sites is 6. The Bertz CT molecular complexity index is 8460. The van der Waals surface area contributed by atoms with E-state index >= 15 is 0 Å². The van der Waals surface area contributed by atoms with Crippen molar-refractivity contribution in [3.05, 3.63) is 494 Å². The highest BCUT2D eigenvalue weighted by atomic mass is 16.3. The summed E-state index contributed by atoms with van der Waals surface area (Å²) in [6, 6.07) is 165. The van der Waals surface area contributed by atoms with Crippen LogP contribution in [-0.4, -0.2) is 0 Å². The normalized spacial score (nSPS) is 12.8. The van der Waals surface area contributed by atoms with Gasteiger partial charge in [0.05, 0.1) is 5.41 Å². The summed E-state index contributed by atoms with van der Waals surface area (Å²) >= 11 is 0. The van der Waals surface area contributed by atoms with Crippen LogP contribution < -0.4 is 9.80 Å². The summed E-state index contributed by atoms with van der Waals surface area (Å²) in [6.07, 6.45) is 0. The van der Waals surface area contributed by atoms with Crippen LogP contribution in [0.4, 0.5) is 34.1 Å². The van der Waals surface area contributed by atoms with E-state index in [1.807, 2.05) is 24.3 Å². The minimum Gasteiger partial charge on any atom is -0.455 e. The van der Waals surface area contributed by atoms with Crippen molar-refractivity contribution in [3.8, 4) is 89.0 Å². The van der Waals surface area contributed by atoms with Gasteiger partial charge in [0.15, 0.2) is 0 Å². The third-order valence-electron chi connectivity index (χ3n) is 27.3. The molecular weight excluding hydrogens is 1580 g/mol. The Kier molecular flexibility index (Phi) is 17.8. The molecule has 6 nitrogen and oxygen atoms in total. The van der Waals surface area contributed by atoms with Crippen molar-refractivity contribution >= 4 is 122 Å². The summed E-state index contributed by atoms with van der Waals surface area (Å²) in [7, 11) is 0. The number of anilines is 6. The molecule has 6 heteroatoms. The van der Waals surface area contributed by atoms with Crippen molar-refractivity contribution in [1.82, 2.24) is 0 Å². The third kappa shape index (κ3) is 12.2. The number of rotatable bonds is 14. The van der Waals surface area contributed by atoms with Gasteiger partial charge in [-0.05, 0) is 174 Å². The maximum atomic E-state index is 7.24. The number of nitrogens with zero attached hydrogens (tertiary/aromatic N) is 2. The van der Waals surface area contributed by atoms with Gasteiger partial charge in [0.1, 0.15) is 44.7 Å². The van der Waals surface area contributed by atoms with E-state index in [2.05, 4.69) is 460 Å². The Balaban J connectivity index is 0.000000142. The van der Waals surface area contributed by atoms with Gasteiger partial charge in [-0.1, -0.05) is 390 Å². The van der Waals surface area contributed by atoms with E-state index in [-0.39, 0.29) is 5.41 Å². The number of furan rings is 4. The summed E-state index contributed by atoms with van der Waals surface area (Å²) in [6.45, 7) is 4.63. The Morgan fingerprint density at radius 3 is 0.815 bits per heavy atom. The number of hydrogen-bond donors (Lipinski definition) is 0. The number of hydrogen-bond acceptors (Lipinski definition) is 6. The molecule has 4 heterocycles. The first-order chi connectivity index (χ1) is 64.2. The molecule has 2 aliphatic rings. The molecule has 0 saturated heterocycles. The fraction of sp³-hybridized carbons (Fsp3) is 0.0323. The van der Waals surface area contributed by atoms with Crippen LogP contribution in [0.25, 0.3) is 177 Å². The Hall–Kier alpha value is -16.8. The number of fused-ring (bicyclic) bond motifs is 20. The average molecular weight is 1660 g/mol. The molecule has 0 saturated carbocycles. The van der Waals surface area contributed by atoms with Gasteiger partial charge < -0.3 is 27.5 Å². The Morgan fingerprint density at radius 2 is 0.431 bits per heavy atom. The van der Waals surface area contributed by atoms with E-state index in [0.717, 1.165) is 172 Å². The predicted octanol–water partition coefficient (Wildman–Crippen LogP) is 34.6. The molecule has 24 aromatic rings. The van der Waals surface area contributed by atoms with Crippen LogP contribution in [0.3, 0.4) is 0 Å². The second-order valence-corrected chi connectivity index (χ2v) is 34.7. The molecule has 130 heavy (non-hydrogen) atoms.